The predicted molar refractivity (Wildman–Crippen MR) is 178 cm³/mol. The van der Waals surface area contributed by atoms with Gasteiger partial charge in [-0.05, 0) is 63.7 Å². The fraction of sp³-hybridized carbons (Fsp3) is 0. The van der Waals surface area contributed by atoms with E-state index in [4.69, 9.17) is 0 Å². The van der Waals surface area contributed by atoms with Crippen molar-refractivity contribution in [1.29, 1.82) is 0 Å². The molecule has 0 aliphatic heterocycles. The predicted octanol–water partition coefficient (Wildman–Crippen LogP) is 10.7. The van der Waals surface area contributed by atoms with Crippen molar-refractivity contribution in [3.63, 3.8) is 0 Å². The van der Waals surface area contributed by atoms with Gasteiger partial charge in [-0.3, -0.25) is 0 Å². The highest BCUT2D eigenvalue weighted by Crippen LogP contribution is 2.40. The molecule has 9 rings (SSSR count). The van der Waals surface area contributed by atoms with Crippen molar-refractivity contribution in [3.05, 3.63) is 158 Å². The van der Waals surface area contributed by atoms with Crippen LogP contribution in [-0.4, -0.2) is 9.13 Å². The molecular weight excluding hydrogens is 508 g/mol. The van der Waals surface area contributed by atoms with Crippen LogP contribution in [0.25, 0.3) is 76.8 Å². The molecule has 0 fully saturated rings. The van der Waals surface area contributed by atoms with Crippen molar-refractivity contribution >= 4 is 54.3 Å². The summed E-state index contributed by atoms with van der Waals surface area (Å²) in [7, 11) is 0. The Labute approximate surface area is 243 Å². The Morgan fingerprint density at radius 2 is 1.05 bits per heavy atom. The summed E-state index contributed by atoms with van der Waals surface area (Å²) in [4.78, 5) is 0. The van der Waals surface area contributed by atoms with Crippen molar-refractivity contribution in [2.24, 2.45) is 0 Å². The second kappa shape index (κ2) is 8.95. The molecule has 196 valence electrons. The van der Waals surface area contributed by atoms with Crippen LogP contribution in [0.3, 0.4) is 0 Å². The van der Waals surface area contributed by atoms with E-state index < -0.39 is 0 Å². The molecule has 0 unspecified atom stereocenters. The van der Waals surface area contributed by atoms with E-state index in [0.29, 0.717) is 0 Å². The third-order valence-electron chi connectivity index (χ3n) is 8.74. The Bertz CT molecular complexity index is 2440. The van der Waals surface area contributed by atoms with Gasteiger partial charge in [0.05, 0.1) is 22.2 Å². The Hall–Kier alpha value is -5.60. The third-order valence-corrected chi connectivity index (χ3v) is 8.74. The van der Waals surface area contributed by atoms with Crippen LogP contribution in [0.5, 0.6) is 0 Å². The highest BCUT2D eigenvalue weighted by Gasteiger charge is 2.19. The Morgan fingerprint density at radius 1 is 0.381 bits per heavy atom. The minimum atomic E-state index is 1.16. The van der Waals surface area contributed by atoms with Gasteiger partial charge in [0.1, 0.15) is 0 Å². The van der Waals surface area contributed by atoms with Gasteiger partial charge in [-0.25, -0.2) is 0 Å². The number of hydrogen-bond acceptors (Lipinski definition) is 0. The second-order valence-corrected chi connectivity index (χ2v) is 11.0. The maximum atomic E-state index is 2.49. The molecule has 2 nitrogen and oxygen atoms in total. The summed E-state index contributed by atoms with van der Waals surface area (Å²) >= 11 is 0. The van der Waals surface area contributed by atoms with Crippen LogP contribution >= 0.6 is 0 Å². The van der Waals surface area contributed by atoms with Gasteiger partial charge in [0.25, 0.3) is 0 Å². The minimum absolute atomic E-state index is 1.16. The molecular formula is C40H26N2. The van der Waals surface area contributed by atoms with Crippen LogP contribution in [0, 0.1) is 0 Å². The van der Waals surface area contributed by atoms with E-state index >= 15 is 0 Å². The summed E-state index contributed by atoms with van der Waals surface area (Å²) in [6, 6.07) is 55.0. The molecule has 0 bridgehead atoms. The second-order valence-electron chi connectivity index (χ2n) is 11.0. The topological polar surface area (TPSA) is 9.86 Å². The number of aromatic nitrogens is 2. The van der Waals surface area contributed by atoms with Crippen LogP contribution in [0.15, 0.2) is 158 Å². The maximum absolute atomic E-state index is 2.49. The van der Waals surface area contributed by atoms with Gasteiger partial charge in [-0.1, -0.05) is 115 Å². The summed E-state index contributed by atoms with van der Waals surface area (Å²) in [5, 5.41) is 8.85. The van der Waals surface area contributed by atoms with Crippen molar-refractivity contribution in [2.45, 2.75) is 0 Å². The first-order valence-electron chi connectivity index (χ1n) is 14.5. The van der Waals surface area contributed by atoms with E-state index in [-0.39, 0.29) is 0 Å². The van der Waals surface area contributed by atoms with E-state index in [1.807, 2.05) is 0 Å². The van der Waals surface area contributed by atoms with E-state index in [9.17, 15) is 0 Å². The molecule has 0 aliphatic rings. The van der Waals surface area contributed by atoms with E-state index in [2.05, 4.69) is 167 Å². The molecule has 0 radical (unpaired) electrons. The first-order chi connectivity index (χ1) is 20.8. The summed E-state index contributed by atoms with van der Waals surface area (Å²) in [5.74, 6) is 0. The van der Waals surface area contributed by atoms with Gasteiger partial charge in [0.15, 0.2) is 0 Å². The number of rotatable bonds is 3. The van der Waals surface area contributed by atoms with E-state index in [1.165, 1.54) is 71.1 Å². The zero-order valence-electron chi connectivity index (χ0n) is 22.9. The van der Waals surface area contributed by atoms with Crippen LogP contribution in [-0.2, 0) is 0 Å². The summed E-state index contributed by atoms with van der Waals surface area (Å²) in [6.45, 7) is 0. The molecule has 7 aromatic carbocycles. The van der Waals surface area contributed by atoms with Gasteiger partial charge in [-0.2, -0.15) is 0 Å². The van der Waals surface area contributed by atoms with Gasteiger partial charge >= 0.3 is 0 Å². The Morgan fingerprint density at radius 3 is 1.88 bits per heavy atom. The number of hydrogen-bond donors (Lipinski definition) is 0. The van der Waals surface area contributed by atoms with E-state index in [0.717, 1.165) is 5.69 Å². The van der Waals surface area contributed by atoms with E-state index in [1.54, 1.807) is 0 Å². The van der Waals surface area contributed by atoms with Crippen molar-refractivity contribution < 1.29 is 0 Å². The number of para-hydroxylation sites is 1. The molecule has 0 N–H and O–H groups in total. The van der Waals surface area contributed by atoms with Crippen LogP contribution in [0.4, 0.5) is 0 Å². The average molecular weight is 535 g/mol. The van der Waals surface area contributed by atoms with Gasteiger partial charge in [0, 0.05) is 33.4 Å². The molecule has 2 heteroatoms. The zero-order valence-corrected chi connectivity index (χ0v) is 22.9. The van der Waals surface area contributed by atoms with Gasteiger partial charge < -0.3 is 9.13 Å². The lowest BCUT2D eigenvalue weighted by molar-refractivity contribution is 1.13. The van der Waals surface area contributed by atoms with Crippen molar-refractivity contribution in [2.75, 3.05) is 0 Å². The third kappa shape index (κ3) is 3.33. The fourth-order valence-electron chi connectivity index (χ4n) is 6.82. The van der Waals surface area contributed by atoms with Gasteiger partial charge in [-0.15, -0.1) is 0 Å². The van der Waals surface area contributed by atoms with Crippen molar-refractivity contribution in [3.8, 4) is 22.5 Å². The zero-order chi connectivity index (χ0) is 27.6. The molecule has 0 saturated carbocycles. The number of nitrogens with zero attached hydrogens (tertiary/aromatic N) is 2. The molecule has 0 spiro atoms. The summed E-state index contributed by atoms with van der Waals surface area (Å²) in [5.41, 5.74) is 8.49. The molecule has 0 saturated heterocycles. The SMILES string of the molecule is c1ccc(-c2ccc(-n3ccc4c3ccc3c5ccccc5n(-c5cc6ccccc6c6ccccc56)c34)cc2)cc1. The molecule has 42 heavy (non-hydrogen) atoms. The average Bonchev–Trinajstić information content (AvgIpc) is 3.64. The first kappa shape index (κ1) is 23.1. The standard InChI is InChI=1S/C40H26N2/c1-2-10-27(11-3-1)28-18-20-30(21-19-28)41-25-24-36-37(41)23-22-35-34-16-8-9-17-38(34)42(40(35)36)39-26-29-12-4-5-13-31(29)32-14-6-7-15-33(32)39/h1-26H. The van der Waals surface area contributed by atoms with Crippen LogP contribution < -0.4 is 0 Å². The number of fused-ring (bicyclic) bond motifs is 8. The molecule has 0 aliphatic carbocycles. The first-order valence-corrected chi connectivity index (χ1v) is 14.5. The molecule has 2 heterocycles. The van der Waals surface area contributed by atoms with Crippen molar-refractivity contribution in [1.82, 2.24) is 9.13 Å². The normalized spacial score (nSPS) is 11.8. The summed E-state index contributed by atoms with van der Waals surface area (Å²) < 4.78 is 4.80. The molecule has 2 aromatic heterocycles. The lowest BCUT2D eigenvalue weighted by Crippen LogP contribution is -1.97. The van der Waals surface area contributed by atoms with Crippen LogP contribution in [0.1, 0.15) is 0 Å². The lowest BCUT2D eigenvalue weighted by atomic mass is 10.00. The maximum Gasteiger partial charge on any atom is 0.0635 e. The fourth-order valence-corrected chi connectivity index (χ4v) is 6.82. The monoisotopic (exact) mass is 534 g/mol. The number of benzene rings is 7. The minimum Gasteiger partial charge on any atom is -0.316 e. The Kier molecular flexibility index (Phi) is 4.93. The lowest BCUT2D eigenvalue weighted by Gasteiger charge is -2.15. The highest BCUT2D eigenvalue weighted by molar-refractivity contribution is 6.20. The summed E-state index contributed by atoms with van der Waals surface area (Å²) in [6.07, 6.45) is 2.21. The van der Waals surface area contributed by atoms with Crippen LogP contribution in [0.2, 0.25) is 0 Å². The smallest absolute Gasteiger partial charge is 0.0635 e. The molecule has 0 atom stereocenters. The molecule has 9 aromatic rings. The Balaban J connectivity index is 1.33. The highest BCUT2D eigenvalue weighted by atomic mass is 15.0. The van der Waals surface area contributed by atoms with Gasteiger partial charge in [0.2, 0.25) is 0 Å². The quantitative estimate of drug-likeness (QED) is 0.200. The molecule has 0 amide bonds. The largest absolute Gasteiger partial charge is 0.316 e.